The zero-order valence-corrected chi connectivity index (χ0v) is 21.2. The first-order chi connectivity index (χ1) is 16.4. The summed E-state index contributed by atoms with van der Waals surface area (Å²) < 4.78 is 10.2. The number of hydrogen-bond donors (Lipinski definition) is 3. The highest BCUT2D eigenvalue weighted by atomic mass is 35.5. The summed E-state index contributed by atoms with van der Waals surface area (Å²) in [4.78, 5) is 52.4. The zero-order chi connectivity index (χ0) is 26.0. The number of carbonyl (C=O) groups excluding carboxylic acids is 4. The maximum atomic E-state index is 14.0. The molecule has 2 aliphatic heterocycles. The van der Waals surface area contributed by atoms with E-state index in [1.165, 1.54) is 18.2 Å². The van der Waals surface area contributed by atoms with Gasteiger partial charge in [-0.1, -0.05) is 32.4 Å². The van der Waals surface area contributed by atoms with Crippen molar-refractivity contribution in [3.63, 3.8) is 0 Å². The Morgan fingerprint density at radius 3 is 2.49 bits per heavy atom. The third-order valence-electron chi connectivity index (χ3n) is 6.34. The standard InChI is InChI=1S/C24H32ClN3O7/c1-5-34-17-13-18(30)35-21(17)27-23(33)28(10-6-7-11-28)22(32)19(24(2,3)4)26-20(31)15-9-8-14(29)12-16(15)25/h8-9,12,17,19,21H,5-7,10-11,13H2,1-4H3,(H2-,26,27,29,31,33)/p+1/t17-,19+,21+/m0/s1. The van der Waals surface area contributed by atoms with Crippen LogP contribution in [0, 0.1) is 5.41 Å². The number of rotatable bonds is 6. The number of nitrogens with zero attached hydrogens (tertiary/aromatic N) is 1. The Kier molecular flexibility index (Phi) is 8.08. The monoisotopic (exact) mass is 510 g/mol. The molecule has 4 amide bonds. The number of cyclic esters (lactones) is 1. The van der Waals surface area contributed by atoms with E-state index in [9.17, 15) is 24.3 Å². The highest BCUT2D eigenvalue weighted by molar-refractivity contribution is 6.34. The molecule has 0 unspecified atom stereocenters. The number of phenols is 1. The number of halogens is 1. The number of amides is 4. The van der Waals surface area contributed by atoms with E-state index >= 15 is 0 Å². The van der Waals surface area contributed by atoms with E-state index in [2.05, 4.69) is 10.6 Å². The number of phenolic OH excluding ortho intramolecular Hbond substituents is 1. The van der Waals surface area contributed by atoms with Crippen molar-refractivity contribution in [1.82, 2.24) is 10.6 Å². The summed E-state index contributed by atoms with van der Waals surface area (Å²) in [5.41, 5.74) is -0.640. The number of quaternary nitrogens is 1. The molecule has 0 saturated carbocycles. The van der Waals surface area contributed by atoms with Crippen LogP contribution in [-0.4, -0.2) is 71.5 Å². The Hall–Kier alpha value is -2.69. The van der Waals surface area contributed by atoms with Crippen LogP contribution in [0.4, 0.5) is 4.79 Å². The third-order valence-corrected chi connectivity index (χ3v) is 6.65. The maximum Gasteiger partial charge on any atom is 0.427 e. The van der Waals surface area contributed by atoms with Gasteiger partial charge in [0.2, 0.25) is 6.23 Å². The normalized spacial score (nSPS) is 22.4. The molecule has 0 aliphatic carbocycles. The number of benzene rings is 1. The van der Waals surface area contributed by atoms with Gasteiger partial charge in [0, 0.05) is 19.4 Å². The SMILES string of the molecule is CCO[C@H]1CC(=O)O[C@H]1NC(=O)[N+]1(C(=O)[C@@H](NC(=O)c2ccc(O)cc2Cl)C(C)(C)C)CCCC1. The summed E-state index contributed by atoms with van der Waals surface area (Å²) >= 11 is 6.13. The van der Waals surface area contributed by atoms with Crippen molar-refractivity contribution in [2.45, 2.75) is 65.3 Å². The lowest BCUT2D eigenvalue weighted by atomic mass is 9.85. The molecule has 2 saturated heterocycles. The molecule has 1 aromatic carbocycles. The average Bonchev–Trinajstić information content (AvgIpc) is 3.38. The van der Waals surface area contributed by atoms with Crippen LogP contribution in [0.2, 0.25) is 5.02 Å². The maximum absolute atomic E-state index is 14.0. The topological polar surface area (TPSA) is 131 Å². The van der Waals surface area contributed by atoms with Gasteiger partial charge in [-0.15, -0.1) is 0 Å². The number of imide groups is 1. The first-order valence-corrected chi connectivity index (χ1v) is 12.1. The van der Waals surface area contributed by atoms with E-state index in [1.54, 1.807) is 27.7 Å². The smallest absolute Gasteiger partial charge is 0.427 e. The Balaban J connectivity index is 1.87. The van der Waals surface area contributed by atoms with E-state index in [0.717, 1.165) is 0 Å². The largest absolute Gasteiger partial charge is 0.508 e. The van der Waals surface area contributed by atoms with Crippen molar-refractivity contribution in [2.24, 2.45) is 5.41 Å². The molecule has 3 N–H and O–H groups in total. The molecule has 2 heterocycles. The van der Waals surface area contributed by atoms with Crippen LogP contribution >= 0.6 is 11.6 Å². The van der Waals surface area contributed by atoms with Crippen LogP contribution in [0.15, 0.2) is 18.2 Å². The molecule has 1 aromatic rings. The van der Waals surface area contributed by atoms with Crippen molar-refractivity contribution in [3.8, 4) is 5.75 Å². The molecule has 0 spiro atoms. The minimum absolute atomic E-state index is 0.0147. The van der Waals surface area contributed by atoms with Crippen LogP contribution in [0.3, 0.4) is 0 Å². The van der Waals surface area contributed by atoms with Crippen LogP contribution < -0.4 is 10.6 Å². The predicted molar refractivity (Wildman–Crippen MR) is 127 cm³/mol. The van der Waals surface area contributed by atoms with Crippen LogP contribution in [0.25, 0.3) is 0 Å². The Labute approximate surface area is 209 Å². The summed E-state index contributed by atoms with van der Waals surface area (Å²) in [6.45, 7) is 8.01. The molecular weight excluding hydrogens is 478 g/mol. The number of carbonyl (C=O) groups is 4. The van der Waals surface area contributed by atoms with Gasteiger partial charge in [-0.05, 0) is 30.5 Å². The quantitative estimate of drug-likeness (QED) is 0.396. The van der Waals surface area contributed by atoms with Gasteiger partial charge >= 0.3 is 17.9 Å². The zero-order valence-electron chi connectivity index (χ0n) is 20.4. The summed E-state index contributed by atoms with van der Waals surface area (Å²) in [6, 6.07) is 2.31. The average molecular weight is 511 g/mol. The second-order valence-electron chi connectivity index (χ2n) is 9.95. The summed E-state index contributed by atoms with van der Waals surface area (Å²) in [5.74, 6) is -1.64. The fraction of sp³-hybridized carbons (Fsp3) is 0.583. The molecule has 3 atom stereocenters. The van der Waals surface area contributed by atoms with E-state index in [1.807, 2.05) is 0 Å². The van der Waals surface area contributed by atoms with Crippen molar-refractivity contribution in [3.05, 3.63) is 28.8 Å². The fourth-order valence-electron chi connectivity index (χ4n) is 4.46. The molecular formula is C24H33ClN3O7+. The second kappa shape index (κ2) is 10.5. The molecule has 0 radical (unpaired) electrons. The van der Waals surface area contributed by atoms with E-state index in [4.69, 9.17) is 21.1 Å². The molecule has 2 fully saturated rings. The van der Waals surface area contributed by atoms with Crippen LogP contribution in [-0.2, 0) is 19.1 Å². The van der Waals surface area contributed by atoms with Gasteiger partial charge < -0.3 is 19.9 Å². The Morgan fingerprint density at radius 2 is 1.91 bits per heavy atom. The Morgan fingerprint density at radius 1 is 1.26 bits per heavy atom. The fourth-order valence-corrected chi connectivity index (χ4v) is 4.72. The van der Waals surface area contributed by atoms with Crippen LogP contribution in [0.1, 0.15) is 57.3 Å². The van der Waals surface area contributed by atoms with Gasteiger partial charge in [0.1, 0.15) is 11.9 Å². The first-order valence-electron chi connectivity index (χ1n) is 11.7. The van der Waals surface area contributed by atoms with Gasteiger partial charge in [-0.25, -0.2) is 9.59 Å². The summed E-state index contributed by atoms with van der Waals surface area (Å²) in [7, 11) is 0. The molecule has 2 aliphatic rings. The molecule has 0 aromatic heterocycles. The third kappa shape index (κ3) is 5.76. The lowest BCUT2D eigenvalue weighted by Crippen LogP contribution is -2.68. The lowest BCUT2D eigenvalue weighted by molar-refractivity contribution is -0.761. The number of esters is 1. The number of hydrogen-bond acceptors (Lipinski definition) is 7. The van der Waals surface area contributed by atoms with E-state index in [-0.39, 0.29) is 35.8 Å². The van der Waals surface area contributed by atoms with Crippen LogP contribution in [0.5, 0.6) is 5.75 Å². The summed E-state index contributed by atoms with van der Waals surface area (Å²) in [6.07, 6.45) is -0.318. The molecule has 192 valence electrons. The number of likely N-dealkylation sites (tertiary alicyclic amines) is 1. The van der Waals surface area contributed by atoms with Gasteiger partial charge in [0.05, 0.1) is 30.1 Å². The number of urea groups is 1. The highest BCUT2D eigenvalue weighted by Gasteiger charge is 2.54. The van der Waals surface area contributed by atoms with Gasteiger partial charge in [-0.2, -0.15) is 4.48 Å². The molecule has 3 rings (SSSR count). The molecule has 11 heteroatoms. The minimum Gasteiger partial charge on any atom is -0.508 e. The van der Waals surface area contributed by atoms with Crippen molar-refractivity contribution >= 4 is 35.4 Å². The second-order valence-corrected chi connectivity index (χ2v) is 10.4. The van der Waals surface area contributed by atoms with E-state index in [0.29, 0.717) is 19.4 Å². The van der Waals surface area contributed by atoms with Gasteiger partial charge in [0.15, 0.2) is 6.04 Å². The number of ether oxygens (including phenoxy) is 2. The molecule has 10 nitrogen and oxygen atoms in total. The lowest BCUT2D eigenvalue weighted by Gasteiger charge is -2.37. The van der Waals surface area contributed by atoms with Gasteiger partial charge in [-0.3, -0.25) is 14.9 Å². The van der Waals surface area contributed by atoms with Gasteiger partial charge in [0.25, 0.3) is 5.91 Å². The summed E-state index contributed by atoms with van der Waals surface area (Å²) in [5, 5.41) is 15.1. The highest BCUT2D eigenvalue weighted by Crippen LogP contribution is 2.30. The number of aromatic hydroxyl groups is 1. The van der Waals surface area contributed by atoms with Crippen molar-refractivity contribution in [1.29, 1.82) is 0 Å². The Bertz CT molecular complexity index is 1000. The van der Waals surface area contributed by atoms with Crippen molar-refractivity contribution < 1.29 is 38.2 Å². The van der Waals surface area contributed by atoms with E-state index < -0.39 is 52.1 Å². The first kappa shape index (κ1) is 26.9. The molecule has 0 bridgehead atoms. The minimum atomic E-state index is -1.03. The molecule has 35 heavy (non-hydrogen) atoms. The van der Waals surface area contributed by atoms with Crippen molar-refractivity contribution in [2.75, 3.05) is 19.7 Å². The predicted octanol–water partition coefficient (Wildman–Crippen LogP) is 2.72. The number of nitrogens with one attached hydrogen (secondary N) is 2.